The minimum absolute atomic E-state index is 0.372. The van der Waals surface area contributed by atoms with Gasteiger partial charge in [-0.05, 0) is 43.4 Å². The van der Waals surface area contributed by atoms with Gasteiger partial charge >= 0.3 is 0 Å². The average Bonchev–Trinajstić information content (AvgIpc) is 2.90. The van der Waals surface area contributed by atoms with E-state index < -0.39 is 0 Å². The van der Waals surface area contributed by atoms with Crippen LogP contribution < -0.4 is 0 Å². The van der Waals surface area contributed by atoms with E-state index in [-0.39, 0.29) is 0 Å². The van der Waals surface area contributed by atoms with Crippen molar-refractivity contribution in [2.24, 2.45) is 5.92 Å². The van der Waals surface area contributed by atoms with Crippen LogP contribution in [0.25, 0.3) is 0 Å². The smallest absolute Gasteiger partial charge is 0.121 e. The zero-order valence-electron chi connectivity index (χ0n) is 10.1. The highest BCUT2D eigenvalue weighted by atomic mass is 16.5. The van der Waals surface area contributed by atoms with Gasteiger partial charge in [0, 0.05) is 11.5 Å². The number of rotatable bonds is 3. The van der Waals surface area contributed by atoms with Gasteiger partial charge in [-0.15, -0.1) is 0 Å². The molecule has 0 fully saturated rings. The van der Waals surface area contributed by atoms with Crippen molar-refractivity contribution < 1.29 is 4.74 Å². The lowest BCUT2D eigenvalue weighted by Gasteiger charge is -2.14. The number of hydrogen-bond acceptors (Lipinski definition) is 2. The maximum Gasteiger partial charge on any atom is 0.121 e. The highest BCUT2D eigenvalue weighted by molar-refractivity contribution is 5.40. The molecule has 0 saturated carbocycles. The molecule has 2 rings (SSSR count). The second-order valence-electron chi connectivity index (χ2n) is 4.39. The first-order chi connectivity index (χ1) is 8.35. The van der Waals surface area contributed by atoms with Gasteiger partial charge in [-0.25, -0.2) is 0 Å². The Labute approximate surface area is 103 Å². The predicted octanol–water partition coefficient (Wildman–Crippen LogP) is 3.65. The van der Waals surface area contributed by atoms with Crippen LogP contribution in [-0.2, 0) is 4.74 Å². The Bertz CT molecular complexity index is 438. The van der Waals surface area contributed by atoms with Crippen LogP contribution in [0.2, 0.25) is 0 Å². The Morgan fingerprint density at radius 1 is 1.41 bits per heavy atom. The summed E-state index contributed by atoms with van der Waals surface area (Å²) in [6.45, 7) is 0. The van der Waals surface area contributed by atoms with Gasteiger partial charge in [-0.2, -0.15) is 5.26 Å². The number of hydrogen-bond donors (Lipinski definition) is 0. The van der Waals surface area contributed by atoms with E-state index in [9.17, 15) is 5.26 Å². The monoisotopic (exact) mass is 227 g/mol. The first-order valence-electron chi connectivity index (χ1n) is 6.05. The molecule has 0 heterocycles. The van der Waals surface area contributed by atoms with Crippen molar-refractivity contribution in [3.63, 3.8) is 0 Å². The van der Waals surface area contributed by atoms with Crippen molar-refractivity contribution in [2.75, 3.05) is 7.11 Å². The van der Waals surface area contributed by atoms with E-state index in [0.717, 1.165) is 42.6 Å². The Kier molecular flexibility index (Phi) is 3.82. The molecule has 88 valence electrons. The Hall–Kier alpha value is -1.75. The van der Waals surface area contributed by atoms with Crippen LogP contribution in [0.3, 0.4) is 0 Å². The van der Waals surface area contributed by atoms with Crippen molar-refractivity contribution in [2.45, 2.75) is 25.7 Å². The molecule has 0 N–H and O–H groups in total. The second kappa shape index (κ2) is 5.54. The summed E-state index contributed by atoms with van der Waals surface area (Å²) >= 11 is 0. The van der Waals surface area contributed by atoms with Gasteiger partial charge in [-0.1, -0.05) is 18.2 Å². The minimum atomic E-state index is 0.372. The quantitative estimate of drug-likeness (QED) is 0.544. The summed E-state index contributed by atoms with van der Waals surface area (Å²) in [4.78, 5) is 0. The molecule has 0 radical (unpaired) electrons. The highest BCUT2D eigenvalue weighted by Crippen LogP contribution is 2.29. The molecule has 0 atom stereocenters. The van der Waals surface area contributed by atoms with E-state index in [4.69, 9.17) is 4.74 Å². The summed E-state index contributed by atoms with van der Waals surface area (Å²) in [6, 6.07) is 2.34. The Balaban J connectivity index is 2.23. The van der Waals surface area contributed by atoms with E-state index in [1.54, 1.807) is 7.11 Å². The van der Waals surface area contributed by atoms with Crippen LogP contribution in [0, 0.1) is 17.2 Å². The van der Waals surface area contributed by atoms with Crippen LogP contribution in [0.5, 0.6) is 0 Å². The molecule has 0 aliphatic heterocycles. The third-order valence-electron chi connectivity index (χ3n) is 3.29. The molecule has 0 aromatic heterocycles. The van der Waals surface area contributed by atoms with Gasteiger partial charge in [0.2, 0.25) is 0 Å². The number of nitriles is 1. The van der Waals surface area contributed by atoms with Crippen molar-refractivity contribution in [3.05, 3.63) is 47.3 Å². The van der Waals surface area contributed by atoms with E-state index in [1.807, 2.05) is 12.2 Å². The number of methoxy groups -OCH3 is 1. The molecular formula is C15H17NO. The van der Waals surface area contributed by atoms with E-state index in [2.05, 4.69) is 24.3 Å². The second-order valence-corrected chi connectivity index (χ2v) is 4.39. The Morgan fingerprint density at radius 3 is 2.82 bits per heavy atom. The topological polar surface area (TPSA) is 33.0 Å². The molecular weight excluding hydrogens is 210 g/mol. The van der Waals surface area contributed by atoms with Crippen molar-refractivity contribution >= 4 is 0 Å². The number of allylic oxidation sites excluding steroid dienone is 7. The standard InChI is InChI=1S/C15H17NO/c1-17-15-9-5-4-8-13(15)10-14(11-16)12-6-2-3-7-12/h2-3,5,9-10,12H,4,6-8H2,1H3. The fraction of sp³-hybridized carbons (Fsp3) is 0.400. The summed E-state index contributed by atoms with van der Waals surface area (Å²) in [7, 11) is 1.68. The van der Waals surface area contributed by atoms with Gasteiger partial charge in [-0.3, -0.25) is 0 Å². The molecule has 2 aliphatic carbocycles. The van der Waals surface area contributed by atoms with Gasteiger partial charge in [0.1, 0.15) is 5.76 Å². The first-order valence-corrected chi connectivity index (χ1v) is 6.05. The lowest BCUT2D eigenvalue weighted by atomic mass is 9.93. The minimum Gasteiger partial charge on any atom is -0.496 e. The van der Waals surface area contributed by atoms with E-state index >= 15 is 0 Å². The molecule has 0 unspecified atom stereocenters. The summed E-state index contributed by atoms with van der Waals surface area (Å²) < 4.78 is 5.33. The maximum absolute atomic E-state index is 9.25. The summed E-state index contributed by atoms with van der Waals surface area (Å²) in [5.41, 5.74) is 2.04. The summed E-state index contributed by atoms with van der Waals surface area (Å²) in [5.74, 6) is 1.27. The summed E-state index contributed by atoms with van der Waals surface area (Å²) in [6.07, 6.45) is 14.4. The van der Waals surface area contributed by atoms with Gasteiger partial charge in [0.15, 0.2) is 0 Å². The van der Waals surface area contributed by atoms with Crippen LogP contribution in [0.4, 0.5) is 0 Å². The molecule has 2 heteroatoms. The van der Waals surface area contributed by atoms with Crippen molar-refractivity contribution in [3.8, 4) is 6.07 Å². The maximum atomic E-state index is 9.25. The SMILES string of the molecule is COC1=C(C=C(C#N)C2CC=CC2)CCC=C1. The van der Waals surface area contributed by atoms with Crippen LogP contribution >= 0.6 is 0 Å². The molecule has 0 amide bonds. The molecule has 0 saturated heterocycles. The molecule has 0 aromatic rings. The number of ether oxygens (including phenoxy) is 1. The molecule has 17 heavy (non-hydrogen) atoms. The average molecular weight is 227 g/mol. The largest absolute Gasteiger partial charge is 0.496 e. The molecule has 0 spiro atoms. The zero-order valence-corrected chi connectivity index (χ0v) is 10.1. The Morgan fingerprint density at radius 2 is 2.18 bits per heavy atom. The fourth-order valence-corrected chi connectivity index (χ4v) is 2.30. The normalized spacial score (nSPS) is 20.8. The van der Waals surface area contributed by atoms with Gasteiger partial charge in [0.25, 0.3) is 0 Å². The highest BCUT2D eigenvalue weighted by Gasteiger charge is 2.17. The lowest BCUT2D eigenvalue weighted by Crippen LogP contribution is -2.01. The lowest BCUT2D eigenvalue weighted by molar-refractivity contribution is 0.300. The molecule has 2 aliphatic rings. The molecule has 0 aromatic carbocycles. The fourth-order valence-electron chi connectivity index (χ4n) is 2.30. The summed E-state index contributed by atoms with van der Waals surface area (Å²) in [5, 5.41) is 9.25. The predicted molar refractivity (Wildman–Crippen MR) is 68.0 cm³/mol. The first kappa shape index (κ1) is 11.7. The van der Waals surface area contributed by atoms with Crippen molar-refractivity contribution in [1.82, 2.24) is 0 Å². The van der Waals surface area contributed by atoms with Crippen molar-refractivity contribution in [1.29, 1.82) is 5.26 Å². The van der Waals surface area contributed by atoms with E-state index in [1.165, 1.54) is 0 Å². The number of nitrogens with zero attached hydrogens (tertiary/aromatic N) is 1. The van der Waals surface area contributed by atoms with Crippen LogP contribution in [0.1, 0.15) is 25.7 Å². The third-order valence-corrected chi connectivity index (χ3v) is 3.29. The zero-order chi connectivity index (χ0) is 12.1. The van der Waals surface area contributed by atoms with E-state index in [0.29, 0.717) is 5.92 Å². The third kappa shape index (κ3) is 2.68. The molecule has 0 bridgehead atoms. The molecule has 2 nitrogen and oxygen atoms in total. The van der Waals surface area contributed by atoms with Crippen LogP contribution in [0.15, 0.2) is 47.3 Å². The van der Waals surface area contributed by atoms with Crippen LogP contribution in [-0.4, -0.2) is 7.11 Å². The van der Waals surface area contributed by atoms with Gasteiger partial charge < -0.3 is 4.74 Å². The van der Waals surface area contributed by atoms with Gasteiger partial charge in [0.05, 0.1) is 13.2 Å².